The predicted octanol–water partition coefficient (Wildman–Crippen LogP) is 0.373. The summed E-state index contributed by atoms with van der Waals surface area (Å²) in [6, 6.07) is 0. The van der Waals surface area contributed by atoms with Crippen molar-refractivity contribution in [2.24, 2.45) is 5.14 Å². The van der Waals surface area contributed by atoms with Gasteiger partial charge in [0.2, 0.25) is 10.0 Å². The lowest BCUT2D eigenvalue weighted by Crippen LogP contribution is -2.47. The van der Waals surface area contributed by atoms with E-state index in [9.17, 15) is 18.3 Å². The molecule has 132 valence electrons. The topological polar surface area (TPSA) is 138 Å². The summed E-state index contributed by atoms with van der Waals surface area (Å²) in [7, 11) is -3.47. The van der Waals surface area contributed by atoms with E-state index >= 15 is 0 Å². The Balaban J connectivity index is 0.000000284. The Kier molecular flexibility index (Phi) is 5.48. The third-order valence-electron chi connectivity index (χ3n) is 3.57. The van der Waals surface area contributed by atoms with Crippen LogP contribution >= 0.6 is 0 Å². The first kappa shape index (κ1) is 19.4. The van der Waals surface area contributed by atoms with E-state index in [4.69, 9.17) is 9.66 Å². The molecule has 0 aliphatic heterocycles. The minimum Gasteiger partial charge on any atom is -0.530 e. The zero-order chi connectivity index (χ0) is 18.1. The Bertz CT molecular complexity index is 650. The van der Waals surface area contributed by atoms with Crippen molar-refractivity contribution in [2.45, 2.75) is 64.2 Å². The Morgan fingerprint density at radius 2 is 1.91 bits per heavy atom. The molecular formula is C14H24N3O5S-. The van der Waals surface area contributed by atoms with Crippen molar-refractivity contribution >= 4 is 16.1 Å². The smallest absolute Gasteiger partial charge is 0.215 e. The number of nitrogens with one attached hydrogen (secondary N) is 1. The maximum absolute atomic E-state index is 11.4. The molecule has 1 saturated carbocycles. The van der Waals surface area contributed by atoms with Crippen molar-refractivity contribution in [2.75, 3.05) is 0 Å². The molecule has 1 aromatic heterocycles. The highest BCUT2D eigenvalue weighted by atomic mass is 32.2. The number of amides is 1. The van der Waals surface area contributed by atoms with E-state index in [0.29, 0.717) is 25.0 Å². The first-order chi connectivity index (χ1) is 10.3. The molecule has 23 heavy (non-hydrogen) atoms. The van der Waals surface area contributed by atoms with E-state index in [0.717, 1.165) is 11.3 Å². The van der Waals surface area contributed by atoms with Gasteiger partial charge >= 0.3 is 0 Å². The maximum Gasteiger partial charge on any atom is 0.215 e. The highest BCUT2D eigenvalue weighted by molar-refractivity contribution is 7.90. The van der Waals surface area contributed by atoms with Gasteiger partial charge in [-0.05, 0) is 53.9 Å². The van der Waals surface area contributed by atoms with E-state index in [1.807, 2.05) is 6.92 Å². The first-order valence-electron chi connectivity index (χ1n) is 7.21. The number of nitrogens with zero attached hydrogens (tertiary/aromatic N) is 1. The normalized spacial score (nSPS) is 16.3. The SMILES string of the molecule is CC(C)(C)NC(=O)[O-].Cc1noc(C)c1CC1(S(N)(=O)=O)CC1. The van der Waals surface area contributed by atoms with Crippen molar-refractivity contribution in [3.05, 3.63) is 17.0 Å². The van der Waals surface area contributed by atoms with Crippen LogP contribution in [0.3, 0.4) is 0 Å². The molecule has 1 aliphatic rings. The van der Waals surface area contributed by atoms with Gasteiger partial charge in [0.25, 0.3) is 0 Å². The number of nitrogens with two attached hydrogens (primary N) is 1. The molecule has 0 aromatic carbocycles. The van der Waals surface area contributed by atoms with Gasteiger partial charge in [-0.15, -0.1) is 0 Å². The number of aromatic nitrogens is 1. The van der Waals surface area contributed by atoms with Crippen LogP contribution in [0, 0.1) is 13.8 Å². The summed E-state index contributed by atoms with van der Waals surface area (Å²) in [5.41, 5.74) is 1.24. The van der Waals surface area contributed by atoms with Crippen LogP contribution in [0.4, 0.5) is 4.79 Å². The van der Waals surface area contributed by atoms with Crippen molar-refractivity contribution < 1.29 is 22.8 Å². The Labute approximate surface area is 136 Å². The molecule has 0 unspecified atom stereocenters. The van der Waals surface area contributed by atoms with Gasteiger partial charge in [0, 0.05) is 11.1 Å². The molecule has 0 spiro atoms. The Morgan fingerprint density at radius 1 is 1.39 bits per heavy atom. The van der Waals surface area contributed by atoms with Crippen molar-refractivity contribution in [1.29, 1.82) is 0 Å². The van der Waals surface area contributed by atoms with Gasteiger partial charge in [-0.3, -0.25) is 0 Å². The monoisotopic (exact) mass is 346 g/mol. The van der Waals surface area contributed by atoms with E-state index < -0.39 is 26.4 Å². The van der Waals surface area contributed by atoms with Crippen molar-refractivity contribution in [1.82, 2.24) is 10.5 Å². The van der Waals surface area contributed by atoms with Crippen LogP contribution in [0.5, 0.6) is 0 Å². The lowest BCUT2D eigenvalue weighted by molar-refractivity contribution is -0.252. The van der Waals surface area contributed by atoms with Gasteiger partial charge in [-0.1, -0.05) is 5.16 Å². The molecule has 1 aliphatic carbocycles. The molecule has 2 rings (SSSR count). The summed E-state index contributed by atoms with van der Waals surface area (Å²) < 4.78 is 27.0. The highest BCUT2D eigenvalue weighted by Crippen LogP contribution is 2.45. The molecule has 8 nitrogen and oxygen atoms in total. The Morgan fingerprint density at radius 3 is 2.13 bits per heavy atom. The molecule has 0 saturated heterocycles. The molecule has 0 atom stereocenters. The standard InChI is InChI=1S/C9H14N2O3S.C5H11NO2/c1-6-8(7(2)14-11-6)5-9(3-4-9)15(10,12)13;1-5(2,3)6-4(7)8/h3-5H2,1-2H3,(H2,10,12,13);6H,1-3H3,(H,7,8)/p-1. The zero-order valence-corrected chi connectivity index (χ0v) is 14.9. The van der Waals surface area contributed by atoms with Gasteiger partial charge in [-0.2, -0.15) is 0 Å². The average Bonchev–Trinajstić information content (AvgIpc) is 3.04. The first-order valence-corrected chi connectivity index (χ1v) is 8.75. The predicted molar refractivity (Wildman–Crippen MR) is 83.0 cm³/mol. The lowest BCUT2D eigenvalue weighted by Gasteiger charge is -2.21. The molecule has 1 fully saturated rings. The summed E-state index contributed by atoms with van der Waals surface area (Å²) >= 11 is 0. The average molecular weight is 346 g/mol. The molecule has 1 amide bonds. The second-order valence-electron chi connectivity index (χ2n) is 6.87. The van der Waals surface area contributed by atoms with Crippen LogP contribution in [0.2, 0.25) is 0 Å². The van der Waals surface area contributed by atoms with Crippen LogP contribution in [0.15, 0.2) is 4.52 Å². The molecule has 1 aromatic rings. The van der Waals surface area contributed by atoms with E-state index in [1.165, 1.54) is 0 Å². The van der Waals surface area contributed by atoms with E-state index in [1.54, 1.807) is 27.7 Å². The Hall–Kier alpha value is -1.61. The summed E-state index contributed by atoms with van der Waals surface area (Å²) in [4.78, 5) is 9.79. The fourth-order valence-electron chi connectivity index (χ4n) is 2.08. The third-order valence-corrected chi connectivity index (χ3v) is 5.33. The number of rotatable bonds is 3. The number of carbonyl (C=O) groups is 1. The van der Waals surface area contributed by atoms with Crippen LogP contribution in [-0.4, -0.2) is 30.0 Å². The molecule has 1 heterocycles. The maximum atomic E-state index is 11.4. The second-order valence-corrected chi connectivity index (χ2v) is 8.83. The molecule has 0 bridgehead atoms. The van der Waals surface area contributed by atoms with Crippen LogP contribution in [0.1, 0.15) is 50.6 Å². The van der Waals surface area contributed by atoms with Crippen LogP contribution < -0.4 is 15.6 Å². The van der Waals surface area contributed by atoms with Gasteiger partial charge in [-0.25, -0.2) is 13.6 Å². The number of hydrogen-bond acceptors (Lipinski definition) is 6. The summed E-state index contributed by atoms with van der Waals surface area (Å²) in [6.45, 7) is 8.86. The number of primary sulfonamides is 1. The second kappa shape index (κ2) is 6.48. The lowest BCUT2D eigenvalue weighted by atomic mass is 10.1. The van der Waals surface area contributed by atoms with Gasteiger partial charge in [0.05, 0.1) is 10.4 Å². The van der Waals surface area contributed by atoms with Gasteiger partial charge in [0.1, 0.15) is 11.9 Å². The highest BCUT2D eigenvalue weighted by Gasteiger charge is 2.53. The van der Waals surface area contributed by atoms with Gasteiger partial charge in [0.15, 0.2) is 0 Å². The van der Waals surface area contributed by atoms with Crippen molar-refractivity contribution in [3.63, 3.8) is 0 Å². The van der Waals surface area contributed by atoms with E-state index in [2.05, 4.69) is 10.5 Å². The minimum absolute atomic E-state index is 0.390. The molecule has 3 N–H and O–H groups in total. The molecular weight excluding hydrogens is 322 g/mol. The van der Waals surface area contributed by atoms with Gasteiger partial charge < -0.3 is 19.7 Å². The van der Waals surface area contributed by atoms with E-state index in [-0.39, 0.29) is 0 Å². The number of sulfonamides is 1. The number of hydrogen-bond donors (Lipinski definition) is 2. The third kappa shape index (κ3) is 5.51. The molecule has 9 heteroatoms. The number of aryl methyl sites for hydroxylation is 2. The van der Waals surface area contributed by atoms with Crippen LogP contribution in [0.25, 0.3) is 0 Å². The fraction of sp³-hybridized carbons (Fsp3) is 0.714. The van der Waals surface area contributed by atoms with Crippen LogP contribution in [-0.2, 0) is 16.4 Å². The summed E-state index contributed by atoms with van der Waals surface area (Å²) in [5, 5.41) is 21.0. The number of carboxylic acid groups (broad SMARTS) is 1. The summed E-state index contributed by atoms with van der Waals surface area (Å²) in [5.74, 6) is 0.683. The zero-order valence-electron chi connectivity index (χ0n) is 14.1. The fourth-order valence-corrected chi connectivity index (χ4v) is 3.10. The van der Waals surface area contributed by atoms with Crippen molar-refractivity contribution in [3.8, 4) is 0 Å². The molecule has 0 radical (unpaired) electrons. The summed E-state index contributed by atoms with van der Waals surface area (Å²) in [6.07, 6.45) is 0.469. The largest absolute Gasteiger partial charge is 0.530 e. The minimum atomic E-state index is -3.47. The quantitative estimate of drug-likeness (QED) is 0.811. The number of carbonyl (C=O) groups excluding carboxylic acids is 1.